The average molecular weight is 255 g/mol. The molecule has 2 rings (SSSR count). The van der Waals surface area contributed by atoms with E-state index in [-0.39, 0.29) is 40.6 Å². The summed E-state index contributed by atoms with van der Waals surface area (Å²) in [5.74, 6) is 0.619. The van der Waals surface area contributed by atoms with Gasteiger partial charge in [-0.1, -0.05) is 11.6 Å². The van der Waals surface area contributed by atoms with Crippen molar-refractivity contribution in [2.24, 2.45) is 0 Å². The third-order valence-corrected chi connectivity index (χ3v) is 3.01. The molecule has 1 aliphatic heterocycles. The minimum Gasteiger partial charge on any atom is -0.768 e. The van der Waals surface area contributed by atoms with Gasteiger partial charge in [0.25, 0.3) is 0 Å². The third-order valence-electron chi connectivity index (χ3n) is 2.11. The Kier molecular flexibility index (Phi) is 4.64. The Hall–Kier alpha value is 0.420. The van der Waals surface area contributed by atoms with E-state index in [0.29, 0.717) is 17.2 Å². The second-order valence-electron chi connectivity index (χ2n) is 3.26. The van der Waals surface area contributed by atoms with Gasteiger partial charge in [-0.3, -0.25) is 4.21 Å². The first kappa shape index (κ1) is 13.5. The van der Waals surface area contributed by atoms with Crippen LogP contribution in [0.2, 0.25) is 5.02 Å². The second-order valence-corrected chi connectivity index (χ2v) is 4.61. The maximum absolute atomic E-state index is 10.7. The molecule has 1 heterocycles. The van der Waals surface area contributed by atoms with E-state index in [1.165, 1.54) is 6.07 Å². The third kappa shape index (κ3) is 2.75. The largest absolute Gasteiger partial charge is 1.00 e. The number of rotatable bonds is 1. The number of hydrogen-bond donors (Lipinski definition) is 0. The molecule has 2 unspecified atom stereocenters. The zero-order valence-electron chi connectivity index (χ0n) is 8.45. The molecule has 0 N–H and O–H groups in total. The molecular weight excluding hydrogens is 247 g/mol. The Labute approximate surface area is 118 Å². The Morgan fingerprint density at radius 3 is 2.87 bits per heavy atom. The van der Waals surface area contributed by atoms with Crippen molar-refractivity contribution in [3.63, 3.8) is 0 Å². The molecule has 6 heteroatoms. The molecule has 0 fully saturated rings. The van der Waals surface area contributed by atoms with Crippen molar-refractivity contribution in [3.8, 4) is 5.75 Å². The summed E-state index contributed by atoms with van der Waals surface area (Å²) >= 11 is 3.65. The molecule has 76 valence electrons. The topological polar surface area (TPSA) is 49.4 Å². The summed E-state index contributed by atoms with van der Waals surface area (Å²) in [6, 6.07) is 3.01. The van der Waals surface area contributed by atoms with E-state index in [9.17, 15) is 8.76 Å². The van der Waals surface area contributed by atoms with Crippen molar-refractivity contribution in [2.45, 2.75) is 24.3 Å². The van der Waals surface area contributed by atoms with Crippen LogP contribution in [-0.4, -0.2) is 14.9 Å². The Bertz CT molecular complexity index is 411. The van der Waals surface area contributed by atoms with Crippen LogP contribution in [-0.2, 0) is 17.5 Å². The molecule has 1 aromatic carbocycles. The first-order valence-corrected chi connectivity index (χ1v) is 5.61. The van der Waals surface area contributed by atoms with E-state index in [1.807, 2.05) is 6.92 Å². The van der Waals surface area contributed by atoms with Gasteiger partial charge < -0.3 is 9.29 Å². The van der Waals surface area contributed by atoms with Crippen molar-refractivity contribution < 1.29 is 43.1 Å². The number of hydrogen-bond acceptors (Lipinski definition) is 3. The van der Waals surface area contributed by atoms with Gasteiger partial charge >= 0.3 is 29.6 Å². The van der Waals surface area contributed by atoms with Crippen LogP contribution in [0.25, 0.3) is 0 Å². The van der Waals surface area contributed by atoms with E-state index in [0.717, 1.165) is 5.56 Å². The Morgan fingerprint density at radius 2 is 2.27 bits per heavy atom. The quantitative estimate of drug-likeness (QED) is 0.473. The molecular formula is C9H8ClNaO3S. The van der Waals surface area contributed by atoms with Gasteiger partial charge in [0.1, 0.15) is 11.9 Å². The number of ether oxygens (including phenoxy) is 1. The normalized spacial score (nSPS) is 20.1. The fourth-order valence-electron chi connectivity index (χ4n) is 1.56. The van der Waals surface area contributed by atoms with Crippen LogP contribution in [0.3, 0.4) is 0 Å². The first-order valence-electron chi connectivity index (χ1n) is 4.16. The number of halogens is 1. The Balaban J connectivity index is 0.00000112. The predicted molar refractivity (Wildman–Crippen MR) is 52.4 cm³/mol. The smallest absolute Gasteiger partial charge is 0.768 e. The molecule has 1 aliphatic rings. The van der Waals surface area contributed by atoms with E-state index in [2.05, 4.69) is 0 Å². The molecule has 15 heavy (non-hydrogen) atoms. The zero-order valence-corrected chi connectivity index (χ0v) is 12.0. The van der Waals surface area contributed by atoms with E-state index in [1.54, 1.807) is 6.07 Å². The van der Waals surface area contributed by atoms with Crippen molar-refractivity contribution in [3.05, 3.63) is 22.7 Å². The minimum absolute atomic E-state index is 0. The summed E-state index contributed by atoms with van der Waals surface area (Å²) in [4.78, 5) is 0.214. The van der Waals surface area contributed by atoms with Crippen LogP contribution in [0.1, 0.15) is 12.5 Å². The van der Waals surface area contributed by atoms with Crippen LogP contribution in [0.5, 0.6) is 5.75 Å². The molecule has 0 saturated heterocycles. The van der Waals surface area contributed by atoms with Crippen molar-refractivity contribution in [1.82, 2.24) is 0 Å². The van der Waals surface area contributed by atoms with E-state index in [4.69, 9.17) is 16.3 Å². The summed E-state index contributed by atoms with van der Waals surface area (Å²) < 4.78 is 26.9. The summed E-state index contributed by atoms with van der Waals surface area (Å²) in [6.45, 7) is 1.92. The summed E-state index contributed by atoms with van der Waals surface area (Å²) in [5.41, 5.74) is 0.865. The van der Waals surface area contributed by atoms with Gasteiger partial charge in [-0.05, 0) is 30.1 Å². The van der Waals surface area contributed by atoms with Crippen LogP contribution in [0.15, 0.2) is 17.0 Å². The van der Waals surface area contributed by atoms with Gasteiger partial charge in [0.2, 0.25) is 0 Å². The number of benzene rings is 1. The van der Waals surface area contributed by atoms with Gasteiger partial charge in [-0.2, -0.15) is 0 Å². The van der Waals surface area contributed by atoms with Crippen LogP contribution >= 0.6 is 11.6 Å². The molecule has 0 amide bonds. The van der Waals surface area contributed by atoms with Crippen LogP contribution < -0.4 is 34.3 Å². The molecule has 0 bridgehead atoms. The minimum atomic E-state index is -2.23. The van der Waals surface area contributed by atoms with Gasteiger partial charge in [0.15, 0.2) is 0 Å². The number of fused-ring (bicyclic) bond motifs is 1. The van der Waals surface area contributed by atoms with Gasteiger partial charge in [-0.25, -0.2) is 0 Å². The molecule has 0 spiro atoms. The fraction of sp³-hybridized carbons (Fsp3) is 0.333. The summed E-state index contributed by atoms with van der Waals surface area (Å²) in [7, 11) is 0. The maximum atomic E-state index is 10.7. The average Bonchev–Trinajstić information content (AvgIpc) is 2.45. The molecule has 0 saturated carbocycles. The molecule has 0 aliphatic carbocycles. The second kappa shape index (κ2) is 5.17. The first-order chi connectivity index (χ1) is 6.58. The van der Waals surface area contributed by atoms with Crippen LogP contribution in [0.4, 0.5) is 0 Å². The van der Waals surface area contributed by atoms with Gasteiger partial charge in [0, 0.05) is 16.9 Å². The SMILES string of the molecule is CC1Cc2cc(S(=O)[O-])cc(Cl)c2O1.[Na+]. The molecule has 0 aromatic heterocycles. The zero-order chi connectivity index (χ0) is 10.3. The predicted octanol–water partition coefficient (Wildman–Crippen LogP) is -1.09. The van der Waals surface area contributed by atoms with Crippen molar-refractivity contribution in [1.29, 1.82) is 0 Å². The van der Waals surface area contributed by atoms with Gasteiger partial charge in [0.05, 0.1) is 5.02 Å². The maximum Gasteiger partial charge on any atom is 1.00 e. The summed E-state index contributed by atoms with van der Waals surface area (Å²) in [5, 5.41) is 0.367. The standard InChI is InChI=1S/C9H9ClO3S.Na/c1-5-2-6-3-7(14(11)12)4-8(10)9(6)13-5;/h3-5H,2H2,1H3,(H,11,12);/q;+1/p-1. The molecule has 0 radical (unpaired) electrons. The fourth-order valence-corrected chi connectivity index (χ4v) is 2.36. The van der Waals surface area contributed by atoms with Crippen LogP contribution in [0, 0.1) is 0 Å². The Morgan fingerprint density at radius 1 is 1.60 bits per heavy atom. The van der Waals surface area contributed by atoms with Crippen molar-refractivity contribution >= 4 is 22.7 Å². The summed E-state index contributed by atoms with van der Waals surface area (Å²) in [6.07, 6.45) is 0.776. The monoisotopic (exact) mass is 254 g/mol. The molecule has 3 nitrogen and oxygen atoms in total. The molecule has 1 aromatic rings. The molecule has 2 atom stereocenters. The van der Waals surface area contributed by atoms with E-state index >= 15 is 0 Å². The van der Waals surface area contributed by atoms with Gasteiger partial charge in [-0.15, -0.1) is 0 Å². The van der Waals surface area contributed by atoms with Crippen molar-refractivity contribution in [2.75, 3.05) is 0 Å². The van der Waals surface area contributed by atoms with E-state index < -0.39 is 11.1 Å².